The number of carbonyl (C=O) groups is 1. The first-order chi connectivity index (χ1) is 16.6. The highest BCUT2D eigenvalue weighted by Gasteiger charge is 2.22. The molecule has 0 N–H and O–H groups in total. The van der Waals surface area contributed by atoms with Gasteiger partial charge in [0, 0.05) is 51.1 Å². The summed E-state index contributed by atoms with van der Waals surface area (Å²) in [5.74, 6) is 1.67. The number of carbonyl (C=O) groups excluding carboxylic acids is 1. The molecule has 0 atom stereocenters. The van der Waals surface area contributed by atoms with Gasteiger partial charge in [0.15, 0.2) is 11.6 Å². The predicted molar refractivity (Wildman–Crippen MR) is 124 cm³/mol. The number of rotatable bonds is 9. The maximum atomic E-state index is 13.9. The zero-order valence-corrected chi connectivity index (χ0v) is 19.5. The minimum absolute atomic E-state index is 0.0657. The van der Waals surface area contributed by atoms with Crippen molar-refractivity contribution in [3.8, 4) is 22.9 Å². The zero-order valence-electron chi connectivity index (χ0n) is 19.5. The van der Waals surface area contributed by atoms with Crippen molar-refractivity contribution in [2.24, 2.45) is 0 Å². The Morgan fingerprint density at radius 2 is 1.88 bits per heavy atom. The van der Waals surface area contributed by atoms with Crippen LogP contribution in [0.2, 0.25) is 0 Å². The van der Waals surface area contributed by atoms with E-state index in [1.165, 1.54) is 13.2 Å². The summed E-state index contributed by atoms with van der Waals surface area (Å²) in [6.07, 6.45) is 0.711. The number of hydrogen-bond acceptors (Lipinski definition) is 7. The number of piperazine rings is 1. The van der Waals surface area contributed by atoms with E-state index in [4.69, 9.17) is 14.0 Å². The van der Waals surface area contributed by atoms with Gasteiger partial charge in [-0.1, -0.05) is 11.2 Å². The second-order valence-corrected chi connectivity index (χ2v) is 8.09. The molecule has 1 aromatic heterocycles. The second-order valence-electron chi connectivity index (χ2n) is 8.09. The number of benzene rings is 2. The summed E-state index contributed by atoms with van der Waals surface area (Å²) in [7, 11) is 1.45. The van der Waals surface area contributed by atoms with Crippen LogP contribution in [0.25, 0.3) is 11.4 Å². The number of methoxy groups -OCH3 is 1. The van der Waals surface area contributed by atoms with Crippen LogP contribution in [0.5, 0.6) is 11.5 Å². The van der Waals surface area contributed by atoms with Crippen molar-refractivity contribution in [2.45, 2.75) is 26.3 Å². The Hall–Kier alpha value is -3.46. The number of aromatic nitrogens is 2. The van der Waals surface area contributed by atoms with E-state index in [2.05, 4.69) is 15.0 Å². The molecule has 2 aromatic carbocycles. The van der Waals surface area contributed by atoms with Crippen molar-refractivity contribution in [3.63, 3.8) is 0 Å². The summed E-state index contributed by atoms with van der Waals surface area (Å²) < 4.78 is 29.7. The minimum Gasteiger partial charge on any atom is -0.494 e. The van der Waals surface area contributed by atoms with Crippen LogP contribution >= 0.6 is 0 Å². The van der Waals surface area contributed by atoms with Crippen LogP contribution in [0.3, 0.4) is 0 Å². The Morgan fingerprint density at radius 3 is 2.56 bits per heavy atom. The standard InChI is InChI=1S/C25H29FN4O4/c1-3-33-20-7-5-19(6-8-20)25-27-23(34-28-25)10-11-24(31)30-14-12-29(13-15-30)17-18-4-9-22(32-2)21(26)16-18/h4-9,16H,3,10-15,17H2,1-2H3. The molecule has 0 unspecified atom stereocenters. The van der Waals surface area contributed by atoms with Gasteiger partial charge in [-0.15, -0.1) is 0 Å². The molecule has 0 radical (unpaired) electrons. The number of ether oxygens (including phenoxy) is 2. The summed E-state index contributed by atoms with van der Waals surface area (Å²) in [5.41, 5.74) is 1.72. The van der Waals surface area contributed by atoms with Crippen molar-refractivity contribution < 1.29 is 23.2 Å². The topological polar surface area (TPSA) is 80.9 Å². The third-order valence-corrected chi connectivity index (χ3v) is 5.79. The highest BCUT2D eigenvalue weighted by molar-refractivity contribution is 5.76. The molecule has 4 rings (SSSR count). The Morgan fingerprint density at radius 1 is 1.12 bits per heavy atom. The van der Waals surface area contributed by atoms with E-state index < -0.39 is 0 Å². The van der Waals surface area contributed by atoms with Crippen LogP contribution in [0.1, 0.15) is 24.8 Å². The molecule has 1 aliphatic rings. The highest BCUT2D eigenvalue weighted by atomic mass is 19.1. The first-order valence-electron chi connectivity index (χ1n) is 11.4. The third kappa shape index (κ3) is 5.91. The van der Waals surface area contributed by atoms with Gasteiger partial charge in [0.2, 0.25) is 17.6 Å². The van der Waals surface area contributed by atoms with E-state index in [9.17, 15) is 9.18 Å². The van der Waals surface area contributed by atoms with E-state index in [0.717, 1.165) is 30.0 Å². The van der Waals surface area contributed by atoms with Crippen molar-refractivity contribution >= 4 is 5.91 Å². The normalized spacial score (nSPS) is 14.3. The van der Waals surface area contributed by atoms with Crippen LogP contribution in [-0.4, -0.2) is 65.7 Å². The molecule has 2 heterocycles. The van der Waals surface area contributed by atoms with E-state index in [-0.39, 0.29) is 17.5 Å². The van der Waals surface area contributed by atoms with Gasteiger partial charge in [-0.2, -0.15) is 4.98 Å². The first-order valence-corrected chi connectivity index (χ1v) is 11.4. The molecule has 1 saturated heterocycles. The zero-order chi connectivity index (χ0) is 23.9. The summed E-state index contributed by atoms with van der Waals surface area (Å²) in [6.45, 7) is 5.93. The maximum absolute atomic E-state index is 13.9. The average Bonchev–Trinajstić information content (AvgIpc) is 3.33. The van der Waals surface area contributed by atoms with Crippen molar-refractivity contribution in [2.75, 3.05) is 39.9 Å². The molecule has 3 aromatic rings. The molecular weight excluding hydrogens is 439 g/mol. The number of hydrogen-bond donors (Lipinski definition) is 0. The molecular formula is C25H29FN4O4. The Labute approximate surface area is 198 Å². The van der Waals surface area contributed by atoms with Gasteiger partial charge in [0.05, 0.1) is 13.7 Å². The second kappa shape index (κ2) is 11.1. The van der Waals surface area contributed by atoms with Crippen LogP contribution in [0.15, 0.2) is 47.0 Å². The molecule has 9 heteroatoms. The maximum Gasteiger partial charge on any atom is 0.227 e. The summed E-state index contributed by atoms with van der Waals surface area (Å²) in [5, 5.41) is 4.03. The highest BCUT2D eigenvalue weighted by Crippen LogP contribution is 2.21. The van der Waals surface area contributed by atoms with E-state index >= 15 is 0 Å². The lowest BCUT2D eigenvalue weighted by Crippen LogP contribution is -2.48. The number of amides is 1. The third-order valence-electron chi connectivity index (χ3n) is 5.79. The molecule has 180 valence electrons. The molecule has 1 amide bonds. The van der Waals surface area contributed by atoms with Crippen molar-refractivity contribution in [1.82, 2.24) is 19.9 Å². The Balaban J connectivity index is 1.23. The van der Waals surface area contributed by atoms with Gasteiger partial charge < -0.3 is 18.9 Å². The van der Waals surface area contributed by atoms with Gasteiger partial charge in [-0.05, 0) is 48.9 Å². The predicted octanol–water partition coefficient (Wildman–Crippen LogP) is 3.56. The van der Waals surface area contributed by atoms with Gasteiger partial charge >= 0.3 is 0 Å². The lowest BCUT2D eigenvalue weighted by Gasteiger charge is -2.34. The van der Waals surface area contributed by atoms with E-state index in [1.807, 2.05) is 42.2 Å². The smallest absolute Gasteiger partial charge is 0.227 e. The van der Waals surface area contributed by atoms with Crippen LogP contribution in [0, 0.1) is 5.82 Å². The van der Waals surface area contributed by atoms with Crippen molar-refractivity contribution in [1.29, 1.82) is 0 Å². The molecule has 1 aliphatic heterocycles. The quantitative estimate of drug-likeness (QED) is 0.475. The van der Waals surface area contributed by atoms with E-state index in [1.54, 1.807) is 6.07 Å². The summed E-state index contributed by atoms with van der Waals surface area (Å²) in [6, 6.07) is 12.5. The summed E-state index contributed by atoms with van der Waals surface area (Å²) in [4.78, 5) is 21.2. The Bertz CT molecular complexity index is 1090. The molecule has 0 saturated carbocycles. The molecule has 0 spiro atoms. The molecule has 0 bridgehead atoms. The largest absolute Gasteiger partial charge is 0.494 e. The van der Waals surface area contributed by atoms with Gasteiger partial charge in [0.25, 0.3) is 0 Å². The SMILES string of the molecule is CCOc1ccc(-c2noc(CCC(=O)N3CCN(Cc4ccc(OC)c(F)c4)CC3)n2)cc1. The first kappa shape index (κ1) is 23.7. The van der Waals surface area contributed by atoms with Crippen LogP contribution < -0.4 is 9.47 Å². The fourth-order valence-electron chi connectivity index (χ4n) is 3.93. The fourth-order valence-corrected chi connectivity index (χ4v) is 3.93. The van der Waals surface area contributed by atoms with Crippen LogP contribution in [0.4, 0.5) is 4.39 Å². The van der Waals surface area contributed by atoms with Gasteiger partial charge in [-0.25, -0.2) is 4.39 Å². The Kier molecular flexibility index (Phi) is 7.74. The van der Waals surface area contributed by atoms with Crippen molar-refractivity contribution in [3.05, 3.63) is 59.7 Å². The lowest BCUT2D eigenvalue weighted by atomic mass is 10.1. The minimum atomic E-state index is -0.361. The molecule has 34 heavy (non-hydrogen) atoms. The molecule has 0 aliphatic carbocycles. The molecule has 8 nitrogen and oxygen atoms in total. The average molecular weight is 469 g/mol. The lowest BCUT2D eigenvalue weighted by molar-refractivity contribution is -0.133. The van der Waals surface area contributed by atoms with Gasteiger partial charge in [0.1, 0.15) is 5.75 Å². The van der Waals surface area contributed by atoms with Crippen LogP contribution in [-0.2, 0) is 17.8 Å². The molecule has 1 fully saturated rings. The number of halogens is 1. The number of aryl methyl sites for hydroxylation is 1. The van der Waals surface area contributed by atoms with E-state index in [0.29, 0.717) is 50.8 Å². The summed E-state index contributed by atoms with van der Waals surface area (Å²) >= 11 is 0. The number of nitrogens with zero attached hydrogens (tertiary/aromatic N) is 4. The fraction of sp³-hybridized carbons (Fsp3) is 0.400. The monoisotopic (exact) mass is 468 g/mol. The van der Waals surface area contributed by atoms with Gasteiger partial charge in [-0.3, -0.25) is 9.69 Å².